The Morgan fingerprint density at radius 2 is 0.603 bits per heavy atom. The van der Waals surface area contributed by atoms with Gasteiger partial charge in [0.1, 0.15) is 0 Å². The molecule has 68 heavy (non-hydrogen) atoms. The van der Waals surface area contributed by atoms with Crippen LogP contribution in [0.1, 0.15) is 0 Å². The summed E-state index contributed by atoms with van der Waals surface area (Å²) in [5.41, 5.74) is 11.6. The average Bonchev–Trinajstić information content (AvgIpc) is 3.43. The average molecular weight is 864 g/mol. The second kappa shape index (κ2) is 16.4. The quantitative estimate of drug-likeness (QED) is 0.150. The van der Waals surface area contributed by atoms with Crippen LogP contribution < -0.4 is 0 Å². The van der Waals surface area contributed by atoms with E-state index in [4.69, 9.17) is 15.0 Å². The van der Waals surface area contributed by atoms with Gasteiger partial charge in [0.15, 0.2) is 17.5 Å². The molecule has 316 valence electrons. The number of nitrogens with zero attached hydrogens (tertiary/aromatic N) is 3. The van der Waals surface area contributed by atoms with Gasteiger partial charge < -0.3 is 0 Å². The highest BCUT2D eigenvalue weighted by atomic mass is 15.0. The molecule has 0 aliphatic rings. The normalized spacial score (nSPS) is 11.5. The molecular formula is C65H41N3. The van der Waals surface area contributed by atoms with Crippen LogP contribution in [0.4, 0.5) is 0 Å². The highest BCUT2D eigenvalue weighted by molar-refractivity contribution is 6.26. The summed E-state index contributed by atoms with van der Waals surface area (Å²) in [6, 6.07) is 89.1. The second-order valence-electron chi connectivity index (χ2n) is 17.5. The fourth-order valence-corrected chi connectivity index (χ4v) is 10.2. The van der Waals surface area contributed by atoms with Crippen LogP contribution in [0.2, 0.25) is 0 Å². The third-order valence-electron chi connectivity index (χ3n) is 13.5. The van der Waals surface area contributed by atoms with E-state index >= 15 is 0 Å². The van der Waals surface area contributed by atoms with Crippen molar-refractivity contribution in [3.63, 3.8) is 0 Å². The summed E-state index contributed by atoms with van der Waals surface area (Å²) >= 11 is 0. The zero-order valence-electron chi connectivity index (χ0n) is 37.0. The summed E-state index contributed by atoms with van der Waals surface area (Å²) in [4.78, 5) is 16.1. The number of hydrogen-bond acceptors (Lipinski definition) is 3. The zero-order valence-corrected chi connectivity index (χ0v) is 37.0. The zero-order chi connectivity index (χ0) is 45.0. The lowest BCUT2D eigenvalue weighted by Gasteiger charge is -2.16. The lowest BCUT2D eigenvalue weighted by molar-refractivity contribution is 1.07. The first-order valence-electron chi connectivity index (χ1n) is 23.2. The van der Waals surface area contributed by atoms with Crippen molar-refractivity contribution < 1.29 is 0 Å². The molecule has 0 atom stereocenters. The second-order valence-corrected chi connectivity index (χ2v) is 17.5. The number of benzene rings is 12. The van der Waals surface area contributed by atoms with Crippen molar-refractivity contribution in [3.05, 3.63) is 249 Å². The molecule has 0 aliphatic heterocycles. The molecule has 0 saturated carbocycles. The van der Waals surface area contributed by atoms with E-state index < -0.39 is 0 Å². The van der Waals surface area contributed by atoms with Gasteiger partial charge in [0, 0.05) is 16.7 Å². The van der Waals surface area contributed by atoms with Crippen molar-refractivity contribution >= 4 is 53.9 Å². The van der Waals surface area contributed by atoms with Gasteiger partial charge in [0.25, 0.3) is 0 Å². The van der Waals surface area contributed by atoms with Gasteiger partial charge in [-0.05, 0) is 129 Å². The molecule has 0 fully saturated rings. The van der Waals surface area contributed by atoms with Gasteiger partial charge >= 0.3 is 0 Å². The fourth-order valence-electron chi connectivity index (χ4n) is 10.2. The smallest absolute Gasteiger partial charge is 0.164 e. The van der Waals surface area contributed by atoms with Crippen LogP contribution in [-0.4, -0.2) is 15.0 Å². The van der Waals surface area contributed by atoms with Crippen LogP contribution in [0, 0.1) is 0 Å². The van der Waals surface area contributed by atoms with Gasteiger partial charge in [-0.3, -0.25) is 0 Å². The van der Waals surface area contributed by atoms with Crippen molar-refractivity contribution in [2.75, 3.05) is 0 Å². The summed E-state index contributed by atoms with van der Waals surface area (Å²) in [6.45, 7) is 0. The van der Waals surface area contributed by atoms with Gasteiger partial charge in [-0.25, -0.2) is 15.0 Å². The van der Waals surface area contributed by atoms with Gasteiger partial charge in [0.05, 0.1) is 0 Å². The maximum absolute atomic E-state index is 5.44. The Kier molecular flexibility index (Phi) is 9.50. The third-order valence-corrected chi connectivity index (χ3v) is 13.5. The number of aromatic nitrogens is 3. The van der Waals surface area contributed by atoms with E-state index in [-0.39, 0.29) is 0 Å². The SMILES string of the molecule is c1ccc(-c2ccc(-c3nc(-c4cc(-c5ccc6c7ccccc7c7ccccc7c6c5)cc(-c5cc6ccccc6c6ccccc56)c4)nc(-c4ccccc4-c4ccccc4)n3)cc2)cc1. The van der Waals surface area contributed by atoms with E-state index in [2.05, 4.69) is 237 Å². The number of rotatable bonds is 7. The lowest BCUT2D eigenvalue weighted by atomic mass is 9.89. The van der Waals surface area contributed by atoms with E-state index in [0.717, 1.165) is 61.2 Å². The van der Waals surface area contributed by atoms with Crippen LogP contribution in [0.3, 0.4) is 0 Å². The minimum Gasteiger partial charge on any atom is -0.208 e. The van der Waals surface area contributed by atoms with Crippen LogP contribution in [0.25, 0.3) is 133 Å². The molecule has 0 amide bonds. The van der Waals surface area contributed by atoms with Gasteiger partial charge in [-0.2, -0.15) is 0 Å². The van der Waals surface area contributed by atoms with Gasteiger partial charge in [-0.1, -0.05) is 218 Å². The molecule has 0 aliphatic carbocycles. The summed E-state index contributed by atoms with van der Waals surface area (Å²) in [7, 11) is 0. The maximum atomic E-state index is 5.44. The van der Waals surface area contributed by atoms with Crippen molar-refractivity contribution in [1.29, 1.82) is 0 Å². The molecule has 13 aromatic rings. The van der Waals surface area contributed by atoms with E-state index in [1.54, 1.807) is 0 Å². The molecule has 12 aromatic carbocycles. The summed E-state index contributed by atoms with van der Waals surface area (Å²) in [6.07, 6.45) is 0. The van der Waals surface area contributed by atoms with Crippen LogP contribution in [0.5, 0.6) is 0 Å². The lowest BCUT2D eigenvalue weighted by Crippen LogP contribution is -2.01. The van der Waals surface area contributed by atoms with Crippen LogP contribution in [0.15, 0.2) is 249 Å². The Labute approximate surface area is 394 Å². The van der Waals surface area contributed by atoms with Crippen molar-refractivity contribution in [1.82, 2.24) is 15.0 Å². The summed E-state index contributed by atoms with van der Waals surface area (Å²) < 4.78 is 0. The van der Waals surface area contributed by atoms with E-state index in [0.29, 0.717) is 17.5 Å². The minimum absolute atomic E-state index is 0.602. The number of hydrogen-bond donors (Lipinski definition) is 0. The van der Waals surface area contributed by atoms with E-state index in [1.807, 2.05) is 12.1 Å². The molecule has 0 radical (unpaired) electrons. The minimum atomic E-state index is 0.602. The van der Waals surface area contributed by atoms with Crippen molar-refractivity contribution in [2.45, 2.75) is 0 Å². The molecule has 1 aromatic heterocycles. The topological polar surface area (TPSA) is 38.7 Å². The molecule has 0 saturated heterocycles. The first kappa shape index (κ1) is 39.3. The molecule has 0 bridgehead atoms. The van der Waals surface area contributed by atoms with Gasteiger partial charge in [-0.15, -0.1) is 0 Å². The molecule has 0 spiro atoms. The van der Waals surface area contributed by atoms with Crippen LogP contribution in [-0.2, 0) is 0 Å². The molecule has 3 nitrogen and oxygen atoms in total. The predicted octanol–water partition coefficient (Wildman–Crippen LogP) is 17.3. The van der Waals surface area contributed by atoms with Crippen LogP contribution >= 0.6 is 0 Å². The summed E-state index contributed by atoms with van der Waals surface area (Å²) in [5.74, 6) is 1.83. The Hall–Kier alpha value is -9.05. The fraction of sp³-hybridized carbons (Fsp3) is 0. The third kappa shape index (κ3) is 6.88. The largest absolute Gasteiger partial charge is 0.208 e. The van der Waals surface area contributed by atoms with Gasteiger partial charge in [0.2, 0.25) is 0 Å². The van der Waals surface area contributed by atoms with Crippen molar-refractivity contribution in [2.24, 2.45) is 0 Å². The molecule has 0 N–H and O–H groups in total. The molecule has 3 heteroatoms. The monoisotopic (exact) mass is 863 g/mol. The Morgan fingerprint density at radius 1 is 0.176 bits per heavy atom. The Morgan fingerprint density at radius 3 is 1.28 bits per heavy atom. The van der Waals surface area contributed by atoms with E-state index in [1.165, 1.54) is 53.9 Å². The Balaban J connectivity index is 1.07. The Bertz CT molecular complexity index is 4030. The number of fused-ring (bicyclic) bond motifs is 9. The standard InChI is InChI=1S/C65H41N3/c1-3-17-42(18-4-1)43-31-33-45(34-32-43)63-66-64(68-65(67-63)60-30-16-9-22-51(60)44-19-5-2-6-20-44)50-38-48(37-49(39-50)61-41-47-21-7-8-23-52(47)53-24-10-14-28-57(53)61)46-35-36-59-56-27-12-11-25-54(56)55-26-13-15-29-58(55)62(59)40-46/h1-41H. The molecular weight excluding hydrogens is 823 g/mol. The first-order chi connectivity index (χ1) is 33.7. The first-order valence-corrected chi connectivity index (χ1v) is 23.2. The van der Waals surface area contributed by atoms with Crippen molar-refractivity contribution in [3.8, 4) is 78.7 Å². The summed E-state index contributed by atoms with van der Waals surface area (Å²) in [5, 5.41) is 12.3. The molecule has 13 rings (SSSR count). The molecule has 0 unspecified atom stereocenters. The highest BCUT2D eigenvalue weighted by Crippen LogP contribution is 2.42. The van der Waals surface area contributed by atoms with E-state index in [9.17, 15) is 0 Å². The predicted molar refractivity (Wildman–Crippen MR) is 285 cm³/mol. The maximum Gasteiger partial charge on any atom is 0.164 e. The highest BCUT2D eigenvalue weighted by Gasteiger charge is 2.19. The molecule has 1 heterocycles.